The third kappa shape index (κ3) is 4.08. The third-order valence-electron chi connectivity index (χ3n) is 3.84. The second-order valence-corrected chi connectivity index (χ2v) is 5.38. The van der Waals surface area contributed by atoms with E-state index in [0.717, 1.165) is 25.1 Å². The maximum absolute atomic E-state index is 5.53. The minimum absolute atomic E-state index is 0.280. The Morgan fingerprint density at radius 1 is 1.05 bits per heavy atom. The van der Waals surface area contributed by atoms with Gasteiger partial charge in [-0.2, -0.15) is 0 Å². The largest absolute Gasteiger partial charge is 0.496 e. The quantitative estimate of drug-likeness (QED) is 0.818. The Labute approximate surface area is 128 Å². The van der Waals surface area contributed by atoms with E-state index in [1.165, 1.54) is 16.7 Å². The van der Waals surface area contributed by atoms with E-state index in [1.807, 2.05) is 12.1 Å². The van der Waals surface area contributed by atoms with Gasteiger partial charge in [0.15, 0.2) is 0 Å². The van der Waals surface area contributed by atoms with Gasteiger partial charge in [-0.05, 0) is 43.5 Å². The smallest absolute Gasteiger partial charge is 0.123 e. The van der Waals surface area contributed by atoms with E-state index < -0.39 is 0 Å². The summed E-state index contributed by atoms with van der Waals surface area (Å²) in [5.74, 6) is 0.958. The average molecular weight is 283 g/mol. The van der Waals surface area contributed by atoms with Crippen LogP contribution in [0.25, 0.3) is 0 Å². The number of ether oxygens (including phenoxy) is 1. The first-order valence-electron chi connectivity index (χ1n) is 7.67. The molecule has 1 atom stereocenters. The average Bonchev–Trinajstić information content (AvgIpc) is 2.53. The van der Waals surface area contributed by atoms with Crippen molar-refractivity contribution < 1.29 is 4.74 Å². The summed E-state index contributed by atoms with van der Waals surface area (Å²) in [7, 11) is 1.74. The molecule has 2 aromatic carbocycles. The number of rotatable bonds is 7. The van der Waals surface area contributed by atoms with Crippen LogP contribution in [0, 0.1) is 6.92 Å². The van der Waals surface area contributed by atoms with Gasteiger partial charge >= 0.3 is 0 Å². The molecule has 0 radical (unpaired) electrons. The first-order chi connectivity index (χ1) is 10.3. The highest BCUT2D eigenvalue weighted by Crippen LogP contribution is 2.28. The Kier molecular flexibility index (Phi) is 5.82. The Morgan fingerprint density at radius 2 is 1.76 bits per heavy atom. The summed E-state index contributed by atoms with van der Waals surface area (Å²) in [6.07, 6.45) is 2.10. The molecule has 1 N–H and O–H groups in total. The monoisotopic (exact) mass is 283 g/mol. The predicted molar refractivity (Wildman–Crippen MR) is 88.9 cm³/mol. The van der Waals surface area contributed by atoms with Crippen LogP contribution in [-0.4, -0.2) is 13.7 Å². The Hall–Kier alpha value is -1.80. The van der Waals surface area contributed by atoms with Crippen molar-refractivity contribution in [3.63, 3.8) is 0 Å². The molecule has 0 aliphatic carbocycles. The van der Waals surface area contributed by atoms with Crippen LogP contribution in [0.5, 0.6) is 5.75 Å². The Balaban J connectivity index is 2.28. The summed E-state index contributed by atoms with van der Waals surface area (Å²) in [5.41, 5.74) is 3.96. The van der Waals surface area contributed by atoms with Crippen molar-refractivity contribution in [2.75, 3.05) is 13.7 Å². The lowest BCUT2D eigenvalue weighted by Crippen LogP contribution is -2.24. The molecule has 0 amide bonds. The molecule has 0 bridgehead atoms. The molecular formula is C19H25NO. The van der Waals surface area contributed by atoms with Gasteiger partial charge in [-0.3, -0.25) is 0 Å². The summed E-state index contributed by atoms with van der Waals surface area (Å²) in [6, 6.07) is 17.2. The molecule has 0 saturated carbocycles. The van der Waals surface area contributed by atoms with Crippen LogP contribution >= 0.6 is 0 Å². The van der Waals surface area contributed by atoms with E-state index in [4.69, 9.17) is 4.74 Å². The molecule has 0 saturated heterocycles. The highest BCUT2D eigenvalue weighted by molar-refractivity contribution is 5.38. The minimum Gasteiger partial charge on any atom is -0.496 e. The van der Waals surface area contributed by atoms with Gasteiger partial charge in [0.2, 0.25) is 0 Å². The van der Waals surface area contributed by atoms with Gasteiger partial charge in [0.25, 0.3) is 0 Å². The molecule has 0 aromatic heterocycles. The van der Waals surface area contributed by atoms with Crippen molar-refractivity contribution in [3.8, 4) is 5.75 Å². The van der Waals surface area contributed by atoms with Crippen molar-refractivity contribution in [1.82, 2.24) is 5.32 Å². The van der Waals surface area contributed by atoms with Crippen LogP contribution in [0.4, 0.5) is 0 Å². The van der Waals surface area contributed by atoms with E-state index >= 15 is 0 Å². The highest BCUT2D eigenvalue weighted by atomic mass is 16.5. The lowest BCUT2D eigenvalue weighted by atomic mass is 9.95. The van der Waals surface area contributed by atoms with Crippen molar-refractivity contribution >= 4 is 0 Å². The molecule has 0 fully saturated rings. The molecular weight excluding hydrogens is 258 g/mol. The second kappa shape index (κ2) is 7.84. The number of hydrogen-bond donors (Lipinski definition) is 1. The van der Waals surface area contributed by atoms with Gasteiger partial charge in [-0.1, -0.05) is 49.4 Å². The van der Waals surface area contributed by atoms with Crippen molar-refractivity contribution in [1.29, 1.82) is 0 Å². The fraction of sp³-hybridized carbons (Fsp3) is 0.368. The third-order valence-corrected chi connectivity index (χ3v) is 3.84. The van der Waals surface area contributed by atoms with Gasteiger partial charge in [-0.25, -0.2) is 0 Å². The number of aryl methyl sites for hydroxylation is 1. The molecule has 2 nitrogen and oxygen atoms in total. The summed E-state index contributed by atoms with van der Waals surface area (Å²) in [5, 5.41) is 3.66. The molecule has 2 heteroatoms. The molecule has 21 heavy (non-hydrogen) atoms. The summed E-state index contributed by atoms with van der Waals surface area (Å²) >= 11 is 0. The molecule has 1 unspecified atom stereocenters. The van der Waals surface area contributed by atoms with E-state index in [9.17, 15) is 0 Å². The molecule has 0 spiro atoms. The SMILES string of the molecule is CCCNC(Cc1ccccc1C)c1ccccc1OC. The zero-order valence-corrected chi connectivity index (χ0v) is 13.2. The van der Waals surface area contributed by atoms with Crippen molar-refractivity contribution in [2.45, 2.75) is 32.7 Å². The minimum atomic E-state index is 0.280. The standard InChI is InChI=1S/C19H25NO/c1-4-13-20-18(14-16-10-6-5-9-15(16)2)17-11-7-8-12-19(17)21-3/h5-12,18,20H,4,13-14H2,1-3H3. The number of nitrogens with one attached hydrogen (secondary N) is 1. The predicted octanol–water partition coefficient (Wildman–Crippen LogP) is 4.29. The fourth-order valence-electron chi connectivity index (χ4n) is 2.62. The normalized spacial score (nSPS) is 12.1. The van der Waals surface area contributed by atoms with Gasteiger partial charge in [0.05, 0.1) is 7.11 Å². The number of hydrogen-bond acceptors (Lipinski definition) is 2. The van der Waals surface area contributed by atoms with Crippen LogP contribution in [0.3, 0.4) is 0 Å². The van der Waals surface area contributed by atoms with Crippen LogP contribution < -0.4 is 10.1 Å². The molecule has 0 aliphatic heterocycles. The number of para-hydroxylation sites is 1. The van der Waals surface area contributed by atoms with Crippen LogP contribution in [0.1, 0.15) is 36.1 Å². The first-order valence-corrected chi connectivity index (χ1v) is 7.67. The van der Waals surface area contributed by atoms with Gasteiger partial charge in [0, 0.05) is 11.6 Å². The molecule has 2 rings (SSSR count). The lowest BCUT2D eigenvalue weighted by Gasteiger charge is -2.22. The molecule has 0 aliphatic rings. The van der Waals surface area contributed by atoms with Gasteiger partial charge in [0.1, 0.15) is 5.75 Å². The van der Waals surface area contributed by atoms with Crippen molar-refractivity contribution in [2.24, 2.45) is 0 Å². The molecule has 112 valence electrons. The maximum Gasteiger partial charge on any atom is 0.123 e. The zero-order valence-electron chi connectivity index (χ0n) is 13.2. The van der Waals surface area contributed by atoms with Crippen LogP contribution in [0.2, 0.25) is 0 Å². The van der Waals surface area contributed by atoms with Crippen LogP contribution in [0.15, 0.2) is 48.5 Å². The zero-order chi connectivity index (χ0) is 15.1. The van der Waals surface area contributed by atoms with Crippen molar-refractivity contribution in [3.05, 3.63) is 65.2 Å². The fourth-order valence-corrected chi connectivity index (χ4v) is 2.62. The van der Waals surface area contributed by atoms with Crippen LogP contribution in [-0.2, 0) is 6.42 Å². The number of benzene rings is 2. The summed E-state index contributed by atoms with van der Waals surface area (Å²) in [4.78, 5) is 0. The Morgan fingerprint density at radius 3 is 2.48 bits per heavy atom. The summed E-state index contributed by atoms with van der Waals surface area (Å²) < 4.78 is 5.53. The Bertz CT molecular complexity index is 565. The lowest BCUT2D eigenvalue weighted by molar-refractivity contribution is 0.398. The summed E-state index contributed by atoms with van der Waals surface area (Å²) in [6.45, 7) is 5.38. The van der Waals surface area contributed by atoms with Gasteiger partial charge < -0.3 is 10.1 Å². The second-order valence-electron chi connectivity index (χ2n) is 5.38. The van der Waals surface area contributed by atoms with E-state index in [-0.39, 0.29) is 6.04 Å². The van der Waals surface area contributed by atoms with E-state index in [2.05, 4.69) is 55.6 Å². The maximum atomic E-state index is 5.53. The van der Waals surface area contributed by atoms with E-state index in [1.54, 1.807) is 7.11 Å². The van der Waals surface area contributed by atoms with E-state index in [0.29, 0.717) is 0 Å². The molecule has 0 heterocycles. The van der Waals surface area contributed by atoms with Gasteiger partial charge in [-0.15, -0.1) is 0 Å². The molecule has 2 aromatic rings. The number of methoxy groups -OCH3 is 1. The highest BCUT2D eigenvalue weighted by Gasteiger charge is 2.16. The topological polar surface area (TPSA) is 21.3 Å². The first kappa shape index (κ1) is 15.6.